The minimum absolute atomic E-state index is 0.0582. The molecule has 6 nitrogen and oxygen atoms in total. The zero-order chi connectivity index (χ0) is 29.1. The molecule has 0 aromatic heterocycles. The fourth-order valence-electron chi connectivity index (χ4n) is 3.27. The highest BCUT2D eigenvalue weighted by Gasteiger charge is 2.37. The van der Waals surface area contributed by atoms with E-state index in [9.17, 15) is 36.2 Å². The molecule has 12 heteroatoms. The number of aliphatic carboxylic acids is 1. The predicted molar refractivity (Wildman–Crippen MR) is 129 cm³/mol. The number of benzene rings is 1. The number of hydrogen-bond donors (Lipinski definition) is 1. The van der Waals surface area contributed by atoms with Gasteiger partial charge in [-0.15, -0.1) is 0 Å². The number of rotatable bonds is 12. The van der Waals surface area contributed by atoms with Crippen LogP contribution in [0.4, 0.5) is 26.3 Å². The van der Waals surface area contributed by atoms with Crippen LogP contribution in [0, 0.1) is 11.8 Å². The number of halogens is 6. The SMILES string of the molecule is CCO[C@@H](Cc1ccc(OC/C=C(/C)C#CC2(OCC(F)(F)F)C=CC=C(OCC(F)(F)F)C2)cc1)C(=O)O. The van der Waals surface area contributed by atoms with E-state index in [0.717, 1.165) is 5.56 Å². The molecule has 0 heterocycles. The Morgan fingerprint density at radius 2 is 1.77 bits per heavy atom. The van der Waals surface area contributed by atoms with E-state index < -0.39 is 49.7 Å². The second-order valence-electron chi connectivity index (χ2n) is 8.44. The van der Waals surface area contributed by atoms with E-state index in [1.807, 2.05) is 0 Å². The molecular formula is C27H28F6O6. The Bertz CT molecular complexity index is 1110. The highest BCUT2D eigenvalue weighted by atomic mass is 19.4. The molecule has 39 heavy (non-hydrogen) atoms. The molecule has 1 N–H and O–H groups in total. The van der Waals surface area contributed by atoms with Gasteiger partial charge in [-0.3, -0.25) is 0 Å². The molecule has 1 aromatic carbocycles. The molecule has 2 atom stereocenters. The molecule has 0 spiro atoms. The molecule has 0 radical (unpaired) electrons. The van der Waals surface area contributed by atoms with Crippen molar-refractivity contribution in [2.45, 2.75) is 50.7 Å². The van der Waals surface area contributed by atoms with Gasteiger partial charge in [0.25, 0.3) is 0 Å². The van der Waals surface area contributed by atoms with Crippen LogP contribution >= 0.6 is 0 Å². The van der Waals surface area contributed by atoms with Gasteiger partial charge in [0, 0.05) is 19.4 Å². The van der Waals surface area contributed by atoms with Crippen LogP contribution in [-0.2, 0) is 25.4 Å². The van der Waals surface area contributed by atoms with Crippen LogP contribution in [0.3, 0.4) is 0 Å². The van der Waals surface area contributed by atoms with Gasteiger partial charge in [0.05, 0.1) is 0 Å². The number of ether oxygens (including phenoxy) is 4. The summed E-state index contributed by atoms with van der Waals surface area (Å²) in [4.78, 5) is 11.2. The summed E-state index contributed by atoms with van der Waals surface area (Å²) >= 11 is 0. The normalized spacial score (nSPS) is 18.6. The van der Waals surface area contributed by atoms with Gasteiger partial charge in [0.1, 0.15) is 24.7 Å². The molecule has 1 aliphatic rings. The number of allylic oxidation sites excluding steroid dienone is 3. The highest BCUT2D eigenvalue weighted by molar-refractivity contribution is 5.72. The summed E-state index contributed by atoms with van der Waals surface area (Å²) in [5.74, 6) is 4.47. The maximum atomic E-state index is 12.8. The van der Waals surface area contributed by atoms with Crippen molar-refractivity contribution in [1.82, 2.24) is 0 Å². The fraction of sp³-hybridized carbons (Fsp3) is 0.444. The van der Waals surface area contributed by atoms with Gasteiger partial charge in [-0.25, -0.2) is 4.79 Å². The molecule has 214 valence electrons. The molecule has 0 aliphatic heterocycles. The van der Waals surface area contributed by atoms with Crippen LogP contribution in [-0.4, -0.2) is 61.6 Å². The van der Waals surface area contributed by atoms with Gasteiger partial charge < -0.3 is 24.1 Å². The van der Waals surface area contributed by atoms with E-state index in [4.69, 9.17) is 18.9 Å². The Kier molecular flexibility index (Phi) is 11.5. The monoisotopic (exact) mass is 562 g/mol. The molecule has 0 saturated heterocycles. The second-order valence-corrected chi connectivity index (χ2v) is 8.44. The van der Waals surface area contributed by atoms with Gasteiger partial charge in [-0.05, 0) is 55.3 Å². The van der Waals surface area contributed by atoms with Crippen molar-refractivity contribution in [3.8, 4) is 17.6 Å². The summed E-state index contributed by atoms with van der Waals surface area (Å²) < 4.78 is 96.4. The van der Waals surface area contributed by atoms with Gasteiger partial charge in [-0.1, -0.05) is 30.0 Å². The molecule has 0 amide bonds. The summed E-state index contributed by atoms with van der Waals surface area (Å²) in [6.07, 6.45) is -5.27. The second kappa shape index (κ2) is 14.1. The maximum absolute atomic E-state index is 12.8. The lowest BCUT2D eigenvalue weighted by molar-refractivity contribution is -0.191. The first kappa shape index (κ1) is 31.8. The van der Waals surface area contributed by atoms with E-state index in [2.05, 4.69) is 11.8 Å². The molecule has 0 fully saturated rings. The van der Waals surface area contributed by atoms with Gasteiger partial charge in [0.2, 0.25) is 0 Å². The third-order valence-electron chi connectivity index (χ3n) is 5.10. The average molecular weight is 563 g/mol. The first-order chi connectivity index (χ1) is 18.2. The Morgan fingerprint density at radius 1 is 1.10 bits per heavy atom. The zero-order valence-electron chi connectivity index (χ0n) is 21.2. The largest absolute Gasteiger partial charge is 0.490 e. The van der Waals surface area contributed by atoms with Crippen molar-refractivity contribution < 1.29 is 55.2 Å². The fourth-order valence-corrected chi connectivity index (χ4v) is 3.27. The summed E-state index contributed by atoms with van der Waals surface area (Å²) in [6, 6.07) is 6.70. The minimum Gasteiger partial charge on any atom is -0.490 e. The van der Waals surface area contributed by atoms with E-state index in [-0.39, 0.29) is 25.4 Å². The molecule has 0 bridgehead atoms. The lowest BCUT2D eigenvalue weighted by Crippen LogP contribution is -2.35. The van der Waals surface area contributed by atoms with Crippen molar-refractivity contribution in [2.75, 3.05) is 26.4 Å². The van der Waals surface area contributed by atoms with Crippen molar-refractivity contribution in [1.29, 1.82) is 0 Å². The predicted octanol–water partition coefficient (Wildman–Crippen LogP) is 5.79. The minimum atomic E-state index is -4.68. The molecule has 2 rings (SSSR count). The van der Waals surface area contributed by atoms with Crippen LogP contribution in [0.5, 0.6) is 5.75 Å². The topological polar surface area (TPSA) is 74.2 Å². The van der Waals surface area contributed by atoms with Gasteiger partial charge >= 0.3 is 18.3 Å². The standard InChI is InChI=1S/C27H28F6O6/c1-3-36-23(24(34)35)15-20-6-8-21(9-7-20)37-14-11-19(2)10-13-25(39-18-27(31,32)33)12-4-5-22(16-25)38-17-26(28,29)30/h4-9,11-12,23H,3,14-18H2,1-2H3,(H,34,35)/b19-11-/t23-,25?/m0/s1. The van der Waals surface area contributed by atoms with Gasteiger partial charge in [0.15, 0.2) is 18.3 Å². The first-order valence-corrected chi connectivity index (χ1v) is 11.7. The van der Waals surface area contributed by atoms with Crippen LogP contribution in [0.1, 0.15) is 25.8 Å². The lowest BCUT2D eigenvalue weighted by Gasteiger charge is -2.29. The zero-order valence-corrected chi connectivity index (χ0v) is 21.2. The lowest BCUT2D eigenvalue weighted by atomic mass is 9.93. The number of carbonyl (C=O) groups is 1. The number of hydrogen-bond acceptors (Lipinski definition) is 5. The Hall–Kier alpha value is -3.43. The summed E-state index contributed by atoms with van der Waals surface area (Å²) in [5.41, 5.74) is -0.687. The molecule has 1 unspecified atom stereocenters. The molecular weight excluding hydrogens is 534 g/mol. The average Bonchev–Trinajstić information content (AvgIpc) is 2.85. The van der Waals surface area contributed by atoms with Crippen molar-refractivity contribution >= 4 is 5.97 Å². The first-order valence-electron chi connectivity index (χ1n) is 11.7. The maximum Gasteiger partial charge on any atom is 0.422 e. The molecule has 0 saturated carbocycles. The van der Waals surface area contributed by atoms with Crippen LogP contribution in [0.25, 0.3) is 0 Å². The quantitative estimate of drug-likeness (QED) is 0.257. The van der Waals surface area contributed by atoms with Crippen LogP contribution in [0.2, 0.25) is 0 Å². The highest BCUT2D eigenvalue weighted by Crippen LogP contribution is 2.31. The van der Waals surface area contributed by atoms with Crippen LogP contribution < -0.4 is 4.74 Å². The Labute approximate surface area is 221 Å². The third kappa shape index (κ3) is 12.3. The van der Waals surface area contributed by atoms with Gasteiger partial charge in [-0.2, -0.15) is 26.3 Å². The number of alkyl halides is 6. The van der Waals surface area contributed by atoms with Crippen molar-refractivity contribution in [3.05, 3.63) is 65.5 Å². The molecule has 1 aromatic rings. The van der Waals surface area contributed by atoms with E-state index in [0.29, 0.717) is 11.3 Å². The number of carboxylic acids is 1. The summed E-state index contributed by atoms with van der Waals surface area (Å²) in [7, 11) is 0. The molecule has 1 aliphatic carbocycles. The van der Waals surface area contributed by atoms with E-state index in [1.54, 1.807) is 44.2 Å². The van der Waals surface area contributed by atoms with E-state index >= 15 is 0 Å². The van der Waals surface area contributed by atoms with Crippen molar-refractivity contribution in [3.63, 3.8) is 0 Å². The Morgan fingerprint density at radius 3 is 2.36 bits per heavy atom. The van der Waals surface area contributed by atoms with E-state index in [1.165, 1.54) is 18.2 Å². The summed E-state index contributed by atoms with van der Waals surface area (Å²) in [5, 5.41) is 9.18. The summed E-state index contributed by atoms with van der Waals surface area (Å²) in [6.45, 7) is 0.359. The number of carboxylic acid groups (broad SMARTS) is 1. The van der Waals surface area contributed by atoms with Crippen molar-refractivity contribution in [2.24, 2.45) is 0 Å². The third-order valence-corrected chi connectivity index (χ3v) is 5.10. The Balaban J connectivity index is 2.04. The van der Waals surface area contributed by atoms with Crippen LogP contribution in [0.15, 0.2) is 59.9 Å². The smallest absolute Gasteiger partial charge is 0.422 e.